The van der Waals surface area contributed by atoms with E-state index >= 15 is 0 Å². The molecule has 1 aromatic heterocycles. The third kappa shape index (κ3) is 1.93. The van der Waals surface area contributed by atoms with Gasteiger partial charge in [-0.25, -0.2) is 0 Å². The molecule has 3 nitrogen and oxygen atoms in total. The summed E-state index contributed by atoms with van der Waals surface area (Å²) in [7, 11) is 0. The number of hydrogen-bond acceptors (Lipinski definition) is 4. The van der Waals surface area contributed by atoms with Gasteiger partial charge in [0.1, 0.15) is 11.1 Å². The molecule has 0 atom stereocenters. The Balaban J connectivity index is 2.63. The summed E-state index contributed by atoms with van der Waals surface area (Å²) in [6.45, 7) is 0.581. The number of nitriles is 1. The van der Waals surface area contributed by atoms with E-state index in [4.69, 9.17) is 10.4 Å². The van der Waals surface area contributed by atoms with Gasteiger partial charge in [-0.2, -0.15) is 5.26 Å². The zero-order chi connectivity index (χ0) is 8.10. The Morgan fingerprint density at radius 2 is 2.55 bits per heavy atom. The molecule has 0 radical (unpaired) electrons. The number of rotatable bonds is 3. The lowest BCUT2D eigenvalue weighted by atomic mass is 10.3. The number of anilines is 1. The second-order valence-electron chi connectivity index (χ2n) is 1.93. The molecule has 1 aromatic rings. The van der Waals surface area contributed by atoms with Crippen LogP contribution in [0.25, 0.3) is 0 Å². The van der Waals surface area contributed by atoms with Crippen LogP contribution in [-0.2, 0) is 0 Å². The van der Waals surface area contributed by atoms with Gasteiger partial charge in [-0.15, -0.1) is 11.3 Å². The average Bonchev–Trinajstić information content (AvgIpc) is 2.47. The smallest absolute Gasteiger partial charge is 0.106 e. The summed E-state index contributed by atoms with van der Waals surface area (Å²) in [5, 5.41) is 22.7. The van der Waals surface area contributed by atoms with Gasteiger partial charge in [0.15, 0.2) is 0 Å². The first-order valence-corrected chi connectivity index (χ1v) is 4.08. The summed E-state index contributed by atoms with van der Waals surface area (Å²) in [6, 6.07) is 3.81. The van der Waals surface area contributed by atoms with Gasteiger partial charge in [0.05, 0.1) is 12.2 Å². The Morgan fingerprint density at radius 3 is 3.18 bits per heavy atom. The predicted molar refractivity (Wildman–Crippen MR) is 44.6 cm³/mol. The molecule has 11 heavy (non-hydrogen) atoms. The monoisotopic (exact) mass is 168 g/mol. The van der Waals surface area contributed by atoms with Crippen molar-refractivity contribution in [2.45, 2.75) is 0 Å². The van der Waals surface area contributed by atoms with Gasteiger partial charge >= 0.3 is 0 Å². The Labute approximate surface area is 68.9 Å². The fourth-order valence-corrected chi connectivity index (χ4v) is 1.47. The summed E-state index contributed by atoms with van der Waals surface area (Å²) >= 11 is 1.47. The first-order valence-electron chi connectivity index (χ1n) is 3.21. The van der Waals surface area contributed by atoms with Crippen molar-refractivity contribution in [2.24, 2.45) is 0 Å². The fraction of sp³-hybridized carbons (Fsp3) is 0.286. The number of thiophene rings is 1. The molecular weight excluding hydrogens is 160 g/mol. The highest BCUT2D eigenvalue weighted by Crippen LogP contribution is 2.21. The molecule has 0 fully saturated rings. The minimum Gasteiger partial charge on any atom is -0.395 e. The molecule has 4 heteroatoms. The lowest BCUT2D eigenvalue weighted by Gasteiger charge is -1.99. The Kier molecular flexibility index (Phi) is 2.90. The first kappa shape index (κ1) is 8.05. The van der Waals surface area contributed by atoms with E-state index < -0.39 is 0 Å². The fourth-order valence-electron chi connectivity index (χ4n) is 0.704. The van der Waals surface area contributed by atoms with E-state index in [2.05, 4.69) is 11.4 Å². The van der Waals surface area contributed by atoms with Gasteiger partial charge < -0.3 is 10.4 Å². The molecule has 0 aliphatic rings. The maximum absolute atomic E-state index is 8.56. The highest BCUT2D eigenvalue weighted by molar-refractivity contribution is 7.14. The van der Waals surface area contributed by atoms with Gasteiger partial charge in [-0.05, 0) is 11.4 Å². The van der Waals surface area contributed by atoms with Crippen LogP contribution in [0, 0.1) is 11.3 Å². The Hall–Kier alpha value is -1.05. The quantitative estimate of drug-likeness (QED) is 0.708. The molecular formula is C7H8N2OS. The molecule has 0 spiro atoms. The van der Waals surface area contributed by atoms with Crippen molar-refractivity contribution in [3.8, 4) is 6.07 Å². The van der Waals surface area contributed by atoms with Crippen molar-refractivity contribution in [3.05, 3.63) is 17.0 Å². The van der Waals surface area contributed by atoms with Crippen LogP contribution in [0.4, 0.5) is 5.00 Å². The van der Waals surface area contributed by atoms with Crippen LogP contribution < -0.4 is 5.32 Å². The van der Waals surface area contributed by atoms with Crippen molar-refractivity contribution in [1.29, 1.82) is 5.26 Å². The first-order chi connectivity index (χ1) is 5.38. The summed E-state index contributed by atoms with van der Waals surface area (Å²) in [4.78, 5) is 0. The zero-order valence-electron chi connectivity index (χ0n) is 5.87. The van der Waals surface area contributed by atoms with Crippen molar-refractivity contribution in [3.63, 3.8) is 0 Å². The minimum absolute atomic E-state index is 0.0861. The lowest BCUT2D eigenvalue weighted by molar-refractivity contribution is 0.311. The van der Waals surface area contributed by atoms with E-state index in [-0.39, 0.29) is 6.61 Å². The Bertz CT molecular complexity index is 264. The Morgan fingerprint density at radius 1 is 1.73 bits per heavy atom. The largest absolute Gasteiger partial charge is 0.395 e. The molecule has 0 aromatic carbocycles. The number of aliphatic hydroxyl groups excluding tert-OH is 1. The van der Waals surface area contributed by atoms with Crippen LogP contribution >= 0.6 is 11.3 Å². The van der Waals surface area contributed by atoms with Crippen molar-refractivity contribution >= 4 is 16.3 Å². The molecule has 58 valence electrons. The SMILES string of the molecule is N#Cc1ccsc1NCCO. The average molecular weight is 168 g/mol. The topological polar surface area (TPSA) is 56.0 Å². The van der Waals surface area contributed by atoms with Gasteiger partial charge in [0.2, 0.25) is 0 Å². The highest BCUT2D eigenvalue weighted by atomic mass is 32.1. The van der Waals surface area contributed by atoms with Crippen LogP contribution in [0.1, 0.15) is 5.56 Å². The molecule has 0 aliphatic carbocycles. The molecule has 0 aliphatic heterocycles. The second-order valence-corrected chi connectivity index (χ2v) is 2.84. The number of nitrogens with zero attached hydrogens (tertiary/aromatic N) is 1. The van der Waals surface area contributed by atoms with E-state index in [1.54, 1.807) is 6.07 Å². The van der Waals surface area contributed by atoms with Gasteiger partial charge in [0.25, 0.3) is 0 Å². The van der Waals surface area contributed by atoms with E-state index in [1.165, 1.54) is 11.3 Å². The van der Waals surface area contributed by atoms with Crippen LogP contribution in [0.3, 0.4) is 0 Å². The summed E-state index contributed by atoms with van der Waals surface area (Å²) in [6.07, 6.45) is 0. The van der Waals surface area contributed by atoms with Crippen LogP contribution in [0.5, 0.6) is 0 Å². The van der Waals surface area contributed by atoms with E-state index in [9.17, 15) is 0 Å². The normalized spacial score (nSPS) is 9.09. The molecule has 0 amide bonds. The predicted octanol–water partition coefficient (Wildman–Crippen LogP) is 1.02. The summed E-state index contributed by atoms with van der Waals surface area (Å²) < 4.78 is 0. The third-order valence-corrected chi connectivity index (χ3v) is 2.06. The molecule has 1 rings (SSSR count). The van der Waals surface area contributed by atoms with Crippen molar-refractivity contribution in [2.75, 3.05) is 18.5 Å². The second kappa shape index (κ2) is 3.96. The van der Waals surface area contributed by atoms with Crippen LogP contribution in [0.15, 0.2) is 11.4 Å². The maximum atomic E-state index is 8.56. The molecule has 0 bridgehead atoms. The van der Waals surface area contributed by atoms with Gasteiger partial charge in [-0.3, -0.25) is 0 Å². The van der Waals surface area contributed by atoms with E-state index in [1.807, 2.05) is 5.38 Å². The molecule has 2 N–H and O–H groups in total. The minimum atomic E-state index is 0.0861. The van der Waals surface area contributed by atoms with Crippen molar-refractivity contribution < 1.29 is 5.11 Å². The number of nitrogens with one attached hydrogen (secondary N) is 1. The lowest BCUT2D eigenvalue weighted by Crippen LogP contribution is -2.04. The molecule has 1 heterocycles. The summed E-state index contributed by atoms with van der Waals surface area (Å²) in [5.74, 6) is 0. The number of hydrogen-bond donors (Lipinski definition) is 2. The van der Waals surface area contributed by atoms with Crippen LogP contribution in [-0.4, -0.2) is 18.3 Å². The van der Waals surface area contributed by atoms with Crippen molar-refractivity contribution in [1.82, 2.24) is 0 Å². The third-order valence-electron chi connectivity index (χ3n) is 1.18. The molecule has 0 unspecified atom stereocenters. The highest BCUT2D eigenvalue weighted by Gasteiger charge is 2.00. The maximum Gasteiger partial charge on any atom is 0.106 e. The summed E-state index contributed by atoms with van der Waals surface area (Å²) in [5.41, 5.74) is 0.642. The molecule has 0 saturated carbocycles. The number of aliphatic hydroxyl groups is 1. The zero-order valence-corrected chi connectivity index (χ0v) is 6.69. The van der Waals surface area contributed by atoms with Gasteiger partial charge in [0, 0.05) is 6.54 Å². The van der Waals surface area contributed by atoms with Gasteiger partial charge in [-0.1, -0.05) is 0 Å². The van der Waals surface area contributed by atoms with E-state index in [0.717, 1.165) is 5.00 Å². The standard InChI is InChI=1S/C7H8N2OS/c8-5-6-1-4-11-7(6)9-2-3-10/h1,4,9-10H,2-3H2. The van der Waals surface area contributed by atoms with E-state index in [0.29, 0.717) is 12.1 Å². The van der Waals surface area contributed by atoms with Crippen LogP contribution in [0.2, 0.25) is 0 Å². The molecule has 0 saturated heterocycles.